The summed E-state index contributed by atoms with van der Waals surface area (Å²) in [6, 6.07) is 4.34. The third-order valence-electron chi connectivity index (χ3n) is 4.03. The van der Waals surface area contributed by atoms with Gasteiger partial charge in [-0.05, 0) is 65.5 Å². The highest BCUT2D eigenvalue weighted by atomic mass is 16.6. The van der Waals surface area contributed by atoms with E-state index in [1.54, 1.807) is 0 Å². The van der Waals surface area contributed by atoms with E-state index in [-0.39, 0.29) is 12.1 Å². The van der Waals surface area contributed by atoms with Crippen molar-refractivity contribution in [2.75, 3.05) is 13.2 Å². The minimum absolute atomic E-state index is 0.0879. The molecule has 1 saturated heterocycles. The Bertz CT molecular complexity index is 551. The maximum Gasteiger partial charge on any atom is 0.410 e. The average Bonchev–Trinajstić information content (AvgIpc) is 2.83. The fourth-order valence-corrected chi connectivity index (χ4v) is 3.14. The van der Waals surface area contributed by atoms with Gasteiger partial charge in [-0.1, -0.05) is 17.7 Å². The molecular formula is C19H29NO3. The van der Waals surface area contributed by atoms with Crippen LogP contribution in [0, 0.1) is 20.8 Å². The number of ether oxygens (including phenoxy) is 2. The van der Waals surface area contributed by atoms with Gasteiger partial charge in [0.15, 0.2) is 0 Å². The molecule has 1 aromatic rings. The second kappa shape index (κ2) is 6.81. The second-order valence-corrected chi connectivity index (χ2v) is 7.51. The fourth-order valence-electron chi connectivity index (χ4n) is 3.14. The minimum Gasteiger partial charge on any atom is -0.491 e. The Morgan fingerprint density at radius 2 is 1.83 bits per heavy atom. The van der Waals surface area contributed by atoms with E-state index in [1.165, 1.54) is 5.56 Å². The number of rotatable bonds is 3. The molecule has 0 aromatic heterocycles. The van der Waals surface area contributed by atoms with Crippen molar-refractivity contribution >= 4 is 6.09 Å². The first kappa shape index (κ1) is 17.6. The van der Waals surface area contributed by atoms with Crippen LogP contribution in [0.15, 0.2) is 12.1 Å². The van der Waals surface area contributed by atoms with Crippen LogP contribution in [0.5, 0.6) is 5.75 Å². The number of carbonyl (C=O) groups is 1. The van der Waals surface area contributed by atoms with Crippen LogP contribution in [0.1, 0.15) is 50.3 Å². The van der Waals surface area contributed by atoms with Crippen LogP contribution in [0.25, 0.3) is 0 Å². The predicted molar refractivity (Wildman–Crippen MR) is 92.1 cm³/mol. The smallest absolute Gasteiger partial charge is 0.410 e. The lowest BCUT2D eigenvalue weighted by Gasteiger charge is -2.28. The van der Waals surface area contributed by atoms with Crippen molar-refractivity contribution in [2.24, 2.45) is 0 Å². The standard InChI is InChI=1S/C19H29NO3/c1-13-10-14(2)17(15(3)11-13)22-12-16-8-7-9-20(16)18(21)23-19(4,5)6/h10-11,16H,7-9,12H2,1-6H3. The Kier molecular flexibility index (Phi) is 5.23. The van der Waals surface area contributed by atoms with Crippen LogP contribution in [0.3, 0.4) is 0 Å². The van der Waals surface area contributed by atoms with Gasteiger partial charge in [0.05, 0.1) is 6.04 Å². The Balaban J connectivity index is 2.01. The van der Waals surface area contributed by atoms with Crippen molar-refractivity contribution in [1.29, 1.82) is 0 Å². The van der Waals surface area contributed by atoms with Gasteiger partial charge in [-0.15, -0.1) is 0 Å². The first-order valence-electron chi connectivity index (χ1n) is 8.37. The number of amides is 1. The summed E-state index contributed by atoms with van der Waals surface area (Å²) >= 11 is 0. The third-order valence-corrected chi connectivity index (χ3v) is 4.03. The van der Waals surface area contributed by atoms with Gasteiger partial charge in [-0.25, -0.2) is 4.79 Å². The molecule has 1 fully saturated rings. The van der Waals surface area contributed by atoms with E-state index in [0.29, 0.717) is 6.61 Å². The molecule has 0 bridgehead atoms. The highest BCUT2D eigenvalue weighted by Crippen LogP contribution is 2.27. The Morgan fingerprint density at radius 1 is 1.22 bits per heavy atom. The van der Waals surface area contributed by atoms with E-state index < -0.39 is 5.60 Å². The summed E-state index contributed by atoms with van der Waals surface area (Å²) in [4.78, 5) is 14.1. The molecule has 1 aliphatic rings. The number of aryl methyl sites for hydroxylation is 3. The Labute approximate surface area is 139 Å². The summed E-state index contributed by atoms with van der Waals surface area (Å²) in [7, 11) is 0. The molecule has 1 atom stereocenters. The topological polar surface area (TPSA) is 38.8 Å². The number of nitrogens with zero attached hydrogens (tertiary/aromatic N) is 1. The van der Waals surface area contributed by atoms with Crippen molar-refractivity contribution < 1.29 is 14.3 Å². The van der Waals surface area contributed by atoms with Crippen LogP contribution in [0.2, 0.25) is 0 Å². The number of benzene rings is 1. The van der Waals surface area contributed by atoms with Crippen molar-refractivity contribution in [1.82, 2.24) is 4.90 Å². The Morgan fingerprint density at radius 3 is 2.39 bits per heavy atom. The van der Waals surface area contributed by atoms with Crippen LogP contribution < -0.4 is 4.74 Å². The summed E-state index contributed by atoms with van der Waals surface area (Å²) in [5.74, 6) is 0.937. The normalized spacial score (nSPS) is 18.2. The zero-order chi connectivity index (χ0) is 17.2. The molecule has 2 rings (SSSR count). The van der Waals surface area contributed by atoms with Gasteiger partial charge < -0.3 is 14.4 Å². The molecule has 0 saturated carbocycles. The van der Waals surface area contributed by atoms with Gasteiger partial charge >= 0.3 is 6.09 Å². The van der Waals surface area contributed by atoms with Gasteiger partial charge in [0, 0.05) is 6.54 Å². The van der Waals surface area contributed by atoms with Crippen LogP contribution in [-0.4, -0.2) is 35.8 Å². The van der Waals surface area contributed by atoms with E-state index in [1.807, 2.05) is 25.7 Å². The first-order valence-corrected chi connectivity index (χ1v) is 8.37. The van der Waals surface area contributed by atoms with E-state index in [2.05, 4.69) is 32.9 Å². The molecule has 1 aromatic carbocycles. The molecule has 0 N–H and O–H groups in total. The summed E-state index contributed by atoms with van der Waals surface area (Å²) in [6.45, 7) is 13.2. The van der Waals surface area contributed by atoms with Crippen molar-refractivity contribution in [3.8, 4) is 5.75 Å². The number of likely N-dealkylation sites (tertiary alicyclic amines) is 1. The molecule has 4 nitrogen and oxygen atoms in total. The van der Waals surface area contributed by atoms with Crippen LogP contribution in [-0.2, 0) is 4.74 Å². The van der Waals surface area contributed by atoms with Gasteiger partial charge in [0.1, 0.15) is 18.0 Å². The largest absolute Gasteiger partial charge is 0.491 e. The van der Waals surface area contributed by atoms with E-state index in [4.69, 9.17) is 9.47 Å². The van der Waals surface area contributed by atoms with E-state index in [9.17, 15) is 4.79 Å². The van der Waals surface area contributed by atoms with Gasteiger partial charge in [0.2, 0.25) is 0 Å². The van der Waals surface area contributed by atoms with Crippen LogP contribution in [0.4, 0.5) is 4.79 Å². The van der Waals surface area contributed by atoms with E-state index >= 15 is 0 Å². The SMILES string of the molecule is Cc1cc(C)c(OCC2CCCN2C(=O)OC(C)(C)C)c(C)c1. The number of carbonyl (C=O) groups excluding carboxylic acids is 1. The summed E-state index contributed by atoms with van der Waals surface area (Å²) in [5, 5.41) is 0. The van der Waals surface area contributed by atoms with Crippen molar-refractivity contribution in [2.45, 2.75) is 66.0 Å². The molecule has 1 heterocycles. The highest BCUT2D eigenvalue weighted by molar-refractivity contribution is 5.69. The van der Waals surface area contributed by atoms with Crippen molar-refractivity contribution in [3.63, 3.8) is 0 Å². The lowest BCUT2D eigenvalue weighted by molar-refractivity contribution is 0.0187. The molecule has 0 radical (unpaired) electrons. The molecule has 23 heavy (non-hydrogen) atoms. The fraction of sp³-hybridized carbons (Fsp3) is 0.632. The Hall–Kier alpha value is -1.71. The predicted octanol–water partition coefficient (Wildman–Crippen LogP) is 4.39. The van der Waals surface area contributed by atoms with Gasteiger partial charge in [0.25, 0.3) is 0 Å². The molecule has 1 unspecified atom stereocenters. The maximum absolute atomic E-state index is 12.3. The highest BCUT2D eigenvalue weighted by Gasteiger charge is 2.32. The van der Waals surface area contributed by atoms with Crippen molar-refractivity contribution in [3.05, 3.63) is 28.8 Å². The number of hydrogen-bond acceptors (Lipinski definition) is 3. The summed E-state index contributed by atoms with van der Waals surface area (Å²) < 4.78 is 11.6. The molecular weight excluding hydrogens is 290 g/mol. The first-order chi connectivity index (χ1) is 10.7. The third kappa shape index (κ3) is 4.63. The zero-order valence-corrected chi connectivity index (χ0v) is 15.2. The molecule has 4 heteroatoms. The second-order valence-electron chi connectivity index (χ2n) is 7.51. The molecule has 1 amide bonds. The number of hydrogen-bond donors (Lipinski definition) is 0. The van der Waals surface area contributed by atoms with Crippen LogP contribution >= 0.6 is 0 Å². The molecule has 1 aliphatic heterocycles. The lowest BCUT2D eigenvalue weighted by Crippen LogP contribution is -2.42. The zero-order valence-electron chi connectivity index (χ0n) is 15.2. The molecule has 0 aliphatic carbocycles. The van der Waals surface area contributed by atoms with Gasteiger partial charge in [-0.3, -0.25) is 0 Å². The molecule has 0 spiro atoms. The minimum atomic E-state index is -0.463. The lowest BCUT2D eigenvalue weighted by atomic mass is 10.1. The van der Waals surface area contributed by atoms with Gasteiger partial charge in [-0.2, -0.15) is 0 Å². The van der Waals surface area contributed by atoms with E-state index in [0.717, 1.165) is 36.3 Å². The summed E-state index contributed by atoms with van der Waals surface area (Å²) in [5.41, 5.74) is 3.06. The average molecular weight is 319 g/mol. The quantitative estimate of drug-likeness (QED) is 0.829. The maximum atomic E-state index is 12.3. The summed E-state index contributed by atoms with van der Waals surface area (Å²) in [6.07, 6.45) is 1.73. The monoisotopic (exact) mass is 319 g/mol. The molecule has 128 valence electrons.